The lowest BCUT2D eigenvalue weighted by atomic mass is 10.1. The average Bonchev–Trinajstić information content (AvgIpc) is 2.44. The Bertz CT molecular complexity index is 523. The Labute approximate surface area is 124 Å². The minimum Gasteiger partial charge on any atom is -0.478 e. The molecule has 0 unspecified atom stereocenters. The van der Waals surface area contributed by atoms with E-state index in [-0.39, 0.29) is 5.91 Å². The van der Waals surface area contributed by atoms with Crippen LogP contribution in [0.1, 0.15) is 30.9 Å². The molecule has 0 spiro atoms. The summed E-state index contributed by atoms with van der Waals surface area (Å²) in [6.07, 6.45) is 3.64. The molecule has 0 bridgehead atoms. The molecule has 0 radical (unpaired) electrons. The van der Waals surface area contributed by atoms with Crippen molar-refractivity contribution >= 4 is 23.6 Å². The maximum atomic E-state index is 11.8. The van der Waals surface area contributed by atoms with Crippen molar-refractivity contribution in [3.8, 4) is 0 Å². The first-order valence-electron chi connectivity index (χ1n) is 6.92. The zero-order valence-corrected chi connectivity index (χ0v) is 12.4. The number of aliphatic carboxylic acids is 1. The van der Waals surface area contributed by atoms with Gasteiger partial charge >= 0.3 is 5.97 Å². The number of aryl methyl sites for hydroxylation is 1. The molecule has 21 heavy (non-hydrogen) atoms. The van der Waals surface area contributed by atoms with E-state index in [9.17, 15) is 9.59 Å². The summed E-state index contributed by atoms with van der Waals surface area (Å²) in [5.41, 5.74) is 2.36. The molecule has 1 aromatic rings. The molecule has 2 N–H and O–H groups in total. The van der Waals surface area contributed by atoms with E-state index < -0.39 is 5.97 Å². The normalized spacial score (nSPS) is 10.8. The molecule has 5 heteroatoms. The van der Waals surface area contributed by atoms with Crippen LogP contribution in [0.25, 0.3) is 6.08 Å². The summed E-state index contributed by atoms with van der Waals surface area (Å²) in [6, 6.07) is 5.41. The van der Waals surface area contributed by atoms with Crippen LogP contribution >= 0.6 is 0 Å². The minimum absolute atomic E-state index is 0.0721. The standard InChI is InChI=1S/C16H21NO4/c1-3-21-10-4-5-15(18)17-14-11-13(7-6-12(14)2)8-9-16(19)20/h6-9,11H,3-5,10H2,1-2H3,(H,17,18)(H,19,20)/b9-8+. The fourth-order valence-corrected chi connectivity index (χ4v) is 1.74. The van der Waals surface area contributed by atoms with Gasteiger partial charge in [-0.05, 0) is 43.5 Å². The van der Waals surface area contributed by atoms with Crippen LogP contribution in [0, 0.1) is 6.92 Å². The summed E-state index contributed by atoms with van der Waals surface area (Å²) in [4.78, 5) is 22.3. The molecule has 5 nitrogen and oxygen atoms in total. The molecule has 0 atom stereocenters. The Morgan fingerprint density at radius 1 is 1.38 bits per heavy atom. The van der Waals surface area contributed by atoms with Gasteiger partial charge in [-0.25, -0.2) is 4.79 Å². The second kappa shape index (κ2) is 8.92. The van der Waals surface area contributed by atoms with Gasteiger partial charge in [-0.3, -0.25) is 4.79 Å². The number of rotatable bonds is 8. The van der Waals surface area contributed by atoms with Gasteiger partial charge in [0, 0.05) is 31.4 Å². The third kappa shape index (κ3) is 6.72. The number of hydrogen-bond acceptors (Lipinski definition) is 3. The van der Waals surface area contributed by atoms with Crippen LogP contribution in [-0.2, 0) is 14.3 Å². The highest BCUT2D eigenvalue weighted by Gasteiger charge is 2.05. The summed E-state index contributed by atoms with van der Waals surface area (Å²) < 4.78 is 5.19. The van der Waals surface area contributed by atoms with Gasteiger partial charge in [0.25, 0.3) is 0 Å². The molecule has 0 heterocycles. The van der Waals surface area contributed by atoms with Gasteiger partial charge in [-0.1, -0.05) is 12.1 Å². The SMILES string of the molecule is CCOCCCC(=O)Nc1cc(/C=C/C(=O)O)ccc1C. The van der Waals surface area contributed by atoms with Gasteiger partial charge in [0.2, 0.25) is 5.91 Å². The molecule has 0 aliphatic carbocycles. The summed E-state index contributed by atoms with van der Waals surface area (Å²) in [6.45, 7) is 5.03. The van der Waals surface area contributed by atoms with Crippen LogP contribution in [0.3, 0.4) is 0 Å². The monoisotopic (exact) mass is 291 g/mol. The fraction of sp³-hybridized carbons (Fsp3) is 0.375. The van der Waals surface area contributed by atoms with Gasteiger partial charge < -0.3 is 15.2 Å². The molecule has 0 aromatic heterocycles. The molecule has 1 amide bonds. The van der Waals surface area contributed by atoms with E-state index in [1.165, 1.54) is 6.08 Å². The van der Waals surface area contributed by atoms with Gasteiger partial charge in [0.15, 0.2) is 0 Å². The number of hydrogen-bond donors (Lipinski definition) is 2. The molecule has 0 saturated heterocycles. The molecule has 0 aliphatic rings. The molecular weight excluding hydrogens is 270 g/mol. The van der Waals surface area contributed by atoms with Gasteiger partial charge in [-0.2, -0.15) is 0 Å². The highest BCUT2D eigenvalue weighted by atomic mass is 16.5. The Hall–Kier alpha value is -2.14. The second-order valence-electron chi connectivity index (χ2n) is 4.59. The number of ether oxygens (including phenoxy) is 1. The lowest BCUT2D eigenvalue weighted by Gasteiger charge is -2.09. The number of carboxylic acids is 1. The summed E-state index contributed by atoms with van der Waals surface area (Å²) >= 11 is 0. The number of amides is 1. The number of carboxylic acid groups (broad SMARTS) is 1. The van der Waals surface area contributed by atoms with E-state index in [2.05, 4.69) is 5.32 Å². The van der Waals surface area contributed by atoms with Crippen molar-refractivity contribution in [3.63, 3.8) is 0 Å². The maximum absolute atomic E-state index is 11.8. The van der Waals surface area contributed by atoms with E-state index in [4.69, 9.17) is 9.84 Å². The smallest absolute Gasteiger partial charge is 0.328 e. The second-order valence-corrected chi connectivity index (χ2v) is 4.59. The lowest BCUT2D eigenvalue weighted by Crippen LogP contribution is -2.13. The lowest BCUT2D eigenvalue weighted by molar-refractivity contribution is -0.131. The van der Waals surface area contributed by atoms with Crippen LogP contribution in [0.4, 0.5) is 5.69 Å². The number of carbonyl (C=O) groups excluding carboxylic acids is 1. The number of anilines is 1. The third-order valence-corrected chi connectivity index (χ3v) is 2.85. The summed E-state index contributed by atoms with van der Waals surface area (Å²) in [7, 11) is 0. The Balaban J connectivity index is 2.63. The fourth-order valence-electron chi connectivity index (χ4n) is 1.74. The number of carbonyl (C=O) groups is 2. The van der Waals surface area contributed by atoms with Gasteiger partial charge in [0.1, 0.15) is 0 Å². The van der Waals surface area contributed by atoms with Crippen molar-refractivity contribution in [2.75, 3.05) is 18.5 Å². The van der Waals surface area contributed by atoms with E-state index in [1.54, 1.807) is 12.1 Å². The molecule has 0 aliphatic heterocycles. The van der Waals surface area contributed by atoms with Crippen molar-refractivity contribution in [1.29, 1.82) is 0 Å². The molecule has 1 aromatic carbocycles. The molecule has 1 rings (SSSR count). The Morgan fingerprint density at radius 2 is 2.14 bits per heavy atom. The Kier molecular flexibility index (Phi) is 7.18. The number of nitrogens with one attached hydrogen (secondary N) is 1. The highest BCUT2D eigenvalue weighted by Crippen LogP contribution is 2.18. The summed E-state index contributed by atoms with van der Waals surface area (Å²) in [5, 5.41) is 11.5. The molecule has 0 fully saturated rings. The van der Waals surface area contributed by atoms with Crippen LogP contribution in [-0.4, -0.2) is 30.2 Å². The van der Waals surface area contributed by atoms with Crippen molar-refractivity contribution in [2.24, 2.45) is 0 Å². The zero-order valence-electron chi connectivity index (χ0n) is 12.4. The first-order chi connectivity index (χ1) is 10.0. The minimum atomic E-state index is -1.00. The van der Waals surface area contributed by atoms with E-state index in [1.807, 2.05) is 19.9 Å². The molecular formula is C16H21NO4. The van der Waals surface area contributed by atoms with E-state index in [0.29, 0.717) is 31.7 Å². The quantitative estimate of drug-likeness (QED) is 0.570. The average molecular weight is 291 g/mol. The van der Waals surface area contributed by atoms with Crippen molar-refractivity contribution in [2.45, 2.75) is 26.7 Å². The van der Waals surface area contributed by atoms with Gasteiger partial charge in [-0.15, -0.1) is 0 Å². The highest BCUT2D eigenvalue weighted by molar-refractivity contribution is 5.92. The third-order valence-electron chi connectivity index (χ3n) is 2.85. The van der Waals surface area contributed by atoms with Crippen LogP contribution in [0.15, 0.2) is 24.3 Å². The topological polar surface area (TPSA) is 75.6 Å². The first-order valence-corrected chi connectivity index (χ1v) is 6.92. The van der Waals surface area contributed by atoms with Crippen molar-refractivity contribution in [1.82, 2.24) is 0 Å². The predicted molar refractivity (Wildman–Crippen MR) is 82.2 cm³/mol. The largest absolute Gasteiger partial charge is 0.478 e. The van der Waals surface area contributed by atoms with Crippen LogP contribution < -0.4 is 5.32 Å². The van der Waals surface area contributed by atoms with Crippen LogP contribution in [0.2, 0.25) is 0 Å². The Morgan fingerprint density at radius 3 is 2.81 bits per heavy atom. The van der Waals surface area contributed by atoms with Crippen molar-refractivity contribution < 1.29 is 19.4 Å². The van der Waals surface area contributed by atoms with Crippen molar-refractivity contribution in [3.05, 3.63) is 35.4 Å². The maximum Gasteiger partial charge on any atom is 0.328 e. The number of benzene rings is 1. The zero-order chi connectivity index (χ0) is 15.7. The van der Waals surface area contributed by atoms with Crippen LogP contribution in [0.5, 0.6) is 0 Å². The predicted octanol–water partition coefficient (Wildman–Crippen LogP) is 2.85. The molecule has 0 saturated carbocycles. The van der Waals surface area contributed by atoms with E-state index in [0.717, 1.165) is 17.2 Å². The molecule has 114 valence electrons. The van der Waals surface area contributed by atoms with E-state index >= 15 is 0 Å². The summed E-state index contributed by atoms with van der Waals surface area (Å²) in [5.74, 6) is -1.07. The van der Waals surface area contributed by atoms with Gasteiger partial charge in [0.05, 0.1) is 0 Å². The first kappa shape index (κ1) is 16.9.